The van der Waals surface area contributed by atoms with Crippen molar-refractivity contribution in [3.63, 3.8) is 0 Å². The van der Waals surface area contributed by atoms with Crippen LogP contribution in [0.25, 0.3) is 0 Å². The summed E-state index contributed by atoms with van der Waals surface area (Å²) in [5.74, 6) is 0. The fourth-order valence-electron chi connectivity index (χ4n) is 0. The molecule has 0 N–H and O–H groups in total. The second-order valence-corrected chi connectivity index (χ2v) is 0.908. The van der Waals surface area contributed by atoms with E-state index in [4.69, 9.17) is 19.8 Å². The monoisotopic (exact) mass is 228 g/mol. The molecule has 8 heteroatoms. The summed E-state index contributed by atoms with van der Waals surface area (Å²) < 4.78 is 7.11. The molecular weight excluding hydrogens is 222 g/mol. The van der Waals surface area contributed by atoms with Crippen LogP contribution in [0, 0.1) is 0 Å². The Balaban J connectivity index is -0.0000000457. The zero-order valence-electron chi connectivity index (χ0n) is 7.45. The molecule has 0 aliphatic carbocycles. The smallest absolute Gasteiger partial charge is 0.553 e. The molecule has 0 amide bonds. The van der Waals surface area contributed by atoms with Gasteiger partial charge in [0.05, 0.1) is 0 Å². The van der Waals surface area contributed by atoms with Crippen molar-refractivity contribution in [2.75, 3.05) is 14.2 Å². The number of carbonyl (C=O) groups excluding carboxylic acids is 2. The van der Waals surface area contributed by atoms with Gasteiger partial charge in [0.15, 0.2) is 0 Å². The first-order chi connectivity index (χ1) is 4.54. The molecule has 0 aliphatic rings. The number of carboxylic acid groups (broad SMARTS) is 2. The zero-order chi connectivity index (χ0) is 8.57. The second kappa shape index (κ2) is 18.6. The fourth-order valence-corrected chi connectivity index (χ4v) is 0. The minimum atomic E-state index is -1.50. The number of carbonyl (C=O) groups is 2. The summed E-state index contributed by atoms with van der Waals surface area (Å²) in [6.45, 7) is 0. The van der Waals surface area contributed by atoms with E-state index >= 15 is 0 Å². The zero-order valence-corrected chi connectivity index (χ0v) is 13.7. The predicted molar refractivity (Wildman–Crippen MR) is 24.8 cm³/mol. The van der Waals surface area contributed by atoms with Crippen molar-refractivity contribution in [1.82, 2.24) is 0 Å². The average Bonchev–Trinajstić information content (AvgIpc) is 1.89. The molecule has 0 saturated heterocycles. The van der Waals surface area contributed by atoms with Gasteiger partial charge in [0.25, 0.3) is 12.3 Å². The summed E-state index contributed by atoms with van der Waals surface area (Å²) in [4.78, 5) is 18.1. The topological polar surface area (TPSA) is 98.7 Å². The van der Waals surface area contributed by atoms with E-state index in [0.717, 1.165) is 14.2 Å². The van der Waals surface area contributed by atoms with Gasteiger partial charge in [-0.1, -0.05) is 0 Å². The molecule has 0 saturated carbocycles. The number of methoxy groups -OCH3 is 2. The van der Waals surface area contributed by atoms with Crippen LogP contribution in [-0.2, 0) is 9.47 Å². The minimum absolute atomic E-state index is 0. The number of ether oxygens (including phenoxy) is 2. The van der Waals surface area contributed by atoms with E-state index in [9.17, 15) is 0 Å². The first-order valence-electron chi connectivity index (χ1n) is 2.04. The summed E-state index contributed by atoms with van der Waals surface area (Å²) in [7, 11) is 2.07. The Morgan fingerprint density at radius 3 is 1.00 bits per heavy atom. The van der Waals surface area contributed by atoms with Crippen LogP contribution in [0.15, 0.2) is 0 Å². The molecule has 0 rings (SSSR count). The third-order valence-electron chi connectivity index (χ3n) is 0.333. The molecule has 0 aromatic carbocycles. The van der Waals surface area contributed by atoms with E-state index in [1.807, 2.05) is 0 Å². The maximum absolute atomic E-state index is 9.03. The van der Waals surface area contributed by atoms with Crippen LogP contribution in [0.2, 0.25) is 0 Å². The average molecular weight is 228 g/mol. The number of rotatable bonds is 0. The quantitative estimate of drug-likeness (QED) is 0.301. The van der Waals surface area contributed by atoms with Crippen molar-refractivity contribution in [2.45, 2.75) is 0 Å². The first-order valence-corrected chi connectivity index (χ1v) is 2.04. The van der Waals surface area contributed by atoms with Crippen LogP contribution in [0.1, 0.15) is 0 Å². The Labute approximate surface area is 155 Å². The maximum Gasteiger partial charge on any atom is 1.00 e. The van der Waals surface area contributed by atoms with Gasteiger partial charge in [-0.15, -0.1) is 0 Å². The third-order valence-corrected chi connectivity index (χ3v) is 0.333. The van der Waals surface area contributed by atoms with E-state index in [1.54, 1.807) is 0 Å². The minimum Gasteiger partial charge on any atom is -0.553 e. The van der Waals surface area contributed by atoms with Crippen LogP contribution in [0.5, 0.6) is 0 Å². The largest absolute Gasteiger partial charge is 1.00 e. The summed E-state index contributed by atoms with van der Waals surface area (Å²) in [5, 5.41) is 18.1. The SMILES string of the molecule is COC(=O)[O-].COC(=O)[O-].[K+].[K+]. The van der Waals surface area contributed by atoms with E-state index in [2.05, 4.69) is 9.47 Å². The van der Waals surface area contributed by atoms with Crippen LogP contribution in [0.3, 0.4) is 0 Å². The summed E-state index contributed by atoms with van der Waals surface area (Å²) in [6.07, 6.45) is -2.99. The Morgan fingerprint density at radius 2 is 1.00 bits per heavy atom. The van der Waals surface area contributed by atoms with Gasteiger partial charge in [-0.25, -0.2) is 0 Å². The molecule has 12 heavy (non-hydrogen) atoms. The Morgan fingerprint density at radius 1 is 0.917 bits per heavy atom. The summed E-state index contributed by atoms with van der Waals surface area (Å²) >= 11 is 0. The predicted octanol–water partition coefficient (Wildman–Crippen LogP) is -8.04. The van der Waals surface area contributed by atoms with E-state index in [0.29, 0.717) is 0 Å². The Hall–Kier alpha value is 1.81. The second-order valence-electron chi connectivity index (χ2n) is 0.908. The molecule has 0 aromatic rings. The van der Waals surface area contributed by atoms with E-state index in [1.165, 1.54) is 0 Å². The van der Waals surface area contributed by atoms with Gasteiger partial charge >= 0.3 is 103 Å². The molecule has 0 heterocycles. The molecule has 0 fully saturated rings. The van der Waals surface area contributed by atoms with Crippen LogP contribution in [-0.4, -0.2) is 26.5 Å². The van der Waals surface area contributed by atoms with Gasteiger partial charge in [-0.2, -0.15) is 0 Å². The van der Waals surface area contributed by atoms with Crippen molar-refractivity contribution in [3.8, 4) is 0 Å². The summed E-state index contributed by atoms with van der Waals surface area (Å²) in [5.41, 5.74) is 0. The van der Waals surface area contributed by atoms with Crippen molar-refractivity contribution in [2.24, 2.45) is 0 Å². The molecule has 0 aromatic heterocycles. The molecule has 0 radical (unpaired) electrons. The Bertz CT molecular complexity index is 102. The summed E-state index contributed by atoms with van der Waals surface area (Å²) in [6, 6.07) is 0. The van der Waals surface area contributed by atoms with Gasteiger partial charge in [0.1, 0.15) is 0 Å². The Kier molecular flexibility index (Phi) is 36.4. The first kappa shape index (κ1) is 23.5. The van der Waals surface area contributed by atoms with E-state index < -0.39 is 12.3 Å². The van der Waals surface area contributed by atoms with E-state index in [-0.39, 0.29) is 103 Å². The molecule has 60 valence electrons. The van der Waals surface area contributed by atoms with Crippen LogP contribution < -0.4 is 113 Å². The van der Waals surface area contributed by atoms with Crippen molar-refractivity contribution >= 4 is 12.3 Å². The third kappa shape index (κ3) is 40.9. The van der Waals surface area contributed by atoms with Gasteiger partial charge in [-0.3, -0.25) is 0 Å². The van der Waals surface area contributed by atoms with Crippen molar-refractivity contribution < 1.29 is 132 Å². The number of hydrogen-bond donors (Lipinski definition) is 0. The van der Waals surface area contributed by atoms with Crippen LogP contribution in [0.4, 0.5) is 9.59 Å². The normalized spacial score (nSPS) is 5.50. The van der Waals surface area contributed by atoms with Gasteiger partial charge in [0, 0.05) is 14.2 Å². The van der Waals surface area contributed by atoms with Crippen molar-refractivity contribution in [1.29, 1.82) is 0 Å². The molecule has 0 spiro atoms. The van der Waals surface area contributed by atoms with Gasteiger partial charge < -0.3 is 29.3 Å². The standard InChI is InChI=1S/2C2H4O3.2K/c2*1-5-2(3)4;;/h2*1H3,(H,3,4);;/q;;2*+1/p-2. The van der Waals surface area contributed by atoms with Gasteiger partial charge in [-0.05, 0) is 0 Å². The molecule has 0 unspecified atom stereocenters. The molecule has 0 aliphatic heterocycles. The van der Waals surface area contributed by atoms with Crippen molar-refractivity contribution in [3.05, 3.63) is 0 Å². The van der Waals surface area contributed by atoms with Crippen LogP contribution >= 0.6 is 0 Å². The molecule has 0 bridgehead atoms. The fraction of sp³-hybridized carbons (Fsp3) is 0.500. The molecular formula is C4H6K2O6. The number of hydrogen-bond acceptors (Lipinski definition) is 6. The van der Waals surface area contributed by atoms with Gasteiger partial charge in [0.2, 0.25) is 0 Å². The molecule has 6 nitrogen and oxygen atoms in total. The maximum atomic E-state index is 9.03. The molecule has 0 atom stereocenters.